The van der Waals surface area contributed by atoms with E-state index in [1.165, 1.54) is 6.92 Å². The van der Waals surface area contributed by atoms with E-state index in [0.29, 0.717) is 6.42 Å². The Hall–Kier alpha value is -2.32. The lowest BCUT2D eigenvalue weighted by Crippen LogP contribution is -2.68. The first-order valence-corrected chi connectivity index (χ1v) is 7.88. The molecule has 1 aliphatic rings. The zero-order valence-corrected chi connectivity index (χ0v) is 14.9. The minimum Gasteiger partial charge on any atom is -0.458 e. The summed E-state index contributed by atoms with van der Waals surface area (Å²) in [5.74, 6) is -2.44. The summed E-state index contributed by atoms with van der Waals surface area (Å²) in [6.45, 7) is 6.68. The van der Waals surface area contributed by atoms with Crippen LogP contribution in [0.5, 0.6) is 0 Å². The Morgan fingerprint density at radius 1 is 1.16 bits per heavy atom. The molecule has 140 valence electrons. The number of hydrogen-bond donors (Lipinski definition) is 0. The summed E-state index contributed by atoms with van der Waals surface area (Å²) >= 11 is 0. The topological polar surface area (TPSA) is 137 Å². The van der Waals surface area contributed by atoms with Crippen molar-refractivity contribution in [3.05, 3.63) is 10.4 Å². The molecule has 0 amide bonds. The van der Waals surface area contributed by atoms with Crippen LogP contribution in [0, 0.1) is 5.92 Å². The first-order chi connectivity index (χ1) is 11.7. The first kappa shape index (κ1) is 20.7. The van der Waals surface area contributed by atoms with Gasteiger partial charge >= 0.3 is 17.9 Å². The third-order valence-electron chi connectivity index (χ3n) is 3.93. The zero-order valence-electron chi connectivity index (χ0n) is 14.9. The summed E-state index contributed by atoms with van der Waals surface area (Å²) in [4.78, 5) is 37.5. The van der Waals surface area contributed by atoms with Crippen LogP contribution >= 0.6 is 0 Å². The number of esters is 3. The van der Waals surface area contributed by atoms with Crippen molar-refractivity contribution >= 4 is 17.9 Å². The van der Waals surface area contributed by atoms with Gasteiger partial charge in [0.25, 0.3) is 0 Å². The fraction of sp³-hybridized carbons (Fsp3) is 0.800. The largest absolute Gasteiger partial charge is 0.458 e. The third kappa shape index (κ3) is 4.83. The van der Waals surface area contributed by atoms with E-state index in [2.05, 4.69) is 10.0 Å². The summed E-state index contributed by atoms with van der Waals surface area (Å²) in [5.41, 5.74) is 6.93. The van der Waals surface area contributed by atoms with Crippen molar-refractivity contribution in [3.63, 3.8) is 0 Å². The van der Waals surface area contributed by atoms with Crippen molar-refractivity contribution < 1.29 is 33.3 Å². The Morgan fingerprint density at radius 3 is 2.20 bits per heavy atom. The molecule has 0 aromatic carbocycles. The van der Waals surface area contributed by atoms with Gasteiger partial charge in [0.1, 0.15) is 0 Å². The second kappa shape index (κ2) is 8.68. The fourth-order valence-corrected chi connectivity index (χ4v) is 3.02. The molecule has 0 radical (unpaired) electrons. The van der Waals surface area contributed by atoms with E-state index in [1.54, 1.807) is 6.92 Å². The van der Waals surface area contributed by atoms with Gasteiger partial charge in [-0.05, 0) is 12.0 Å². The maximum atomic E-state index is 11.7. The molecular weight excluding hydrogens is 334 g/mol. The van der Waals surface area contributed by atoms with E-state index in [0.717, 1.165) is 13.8 Å². The van der Waals surface area contributed by atoms with Gasteiger partial charge in [0.05, 0.1) is 12.6 Å². The molecule has 1 aliphatic heterocycles. The number of nitrogens with zero attached hydrogens (tertiary/aromatic N) is 3. The molecular formula is C15H23N3O7. The van der Waals surface area contributed by atoms with Crippen LogP contribution in [0.3, 0.4) is 0 Å². The molecule has 1 heterocycles. The Bertz CT molecular complexity index is 569. The second-order valence-corrected chi connectivity index (χ2v) is 5.85. The minimum absolute atomic E-state index is 0.408. The lowest BCUT2D eigenvalue weighted by atomic mass is 9.80. The lowest BCUT2D eigenvalue weighted by molar-refractivity contribution is -0.319. The quantitative estimate of drug-likeness (QED) is 0.232. The van der Waals surface area contributed by atoms with Crippen molar-refractivity contribution in [2.24, 2.45) is 11.0 Å². The van der Waals surface area contributed by atoms with E-state index in [1.807, 2.05) is 6.92 Å². The van der Waals surface area contributed by atoms with Gasteiger partial charge in [0.15, 0.2) is 6.10 Å². The van der Waals surface area contributed by atoms with Gasteiger partial charge in [-0.3, -0.25) is 14.4 Å². The summed E-state index contributed by atoms with van der Waals surface area (Å²) in [7, 11) is 0. The summed E-state index contributed by atoms with van der Waals surface area (Å²) in [5, 5.41) is 3.46. The lowest BCUT2D eigenvalue weighted by Gasteiger charge is -2.50. The molecule has 10 nitrogen and oxygen atoms in total. The average molecular weight is 357 g/mol. The predicted octanol–water partition coefficient (Wildman–Crippen LogP) is 1.86. The van der Waals surface area contributed by atoms with Crippen LogP contribution in [0.25, 0.3) is 10.4 Å². The maximum Gasteiger partial charge on any atom is 0.305 e. The van der Waals surface area contributed by atoms with Crippen molar-refractivity contribution in [2.45, 2.75) is 65.1 Å². The number of carbonyl (C=O) groups is 3. The van der Waals surface area contributed by atoms with Crippen LogP contribution in [0.4, 0.5) is 0 Å². The molecule has 25 heavy (non-hydrogen) atoms. The van der Waals surface area contributed by atoms with Crippen LogP contribution in [0.1, 0.15) is 41.0 Å². The van der Waals surface area contributed by atoms with Crippen molar-refractivity contribution in [3.8, 4) is 0 Å². The minimum atomic E-state index is -1.78. The standard InChI is InChI=1S/C15H23N3O7/c1-6-12-8(2)13(22-9(3)19)15(7-17-18-16,25-11(5)21)14(24-12)23-10(4)20/h8,12-14H,6-7H2,1-5H3/t8-,12-,13+,14?,15+/m1/s1. The van der Waals surface area contributed by atoms with Gasteiger partial charge < -0.3 is 18.9 Å². The zero-order chi connectivity index (χ0) is 19.2. The van der Waals surface area contributed by atoms with Crippen molar-refractivity contribution in [1.82, 2.24) is 0 Å². The second-order valence-electron chi connectivity index (χ2n) is 5.85. The normalized spacial score (nSPS) is 31.4. The molecule has 0 saturated carbocycles. The Balaban J connectivity index is 3.50. The monoisotopic (exact) mass is 357 g/mol. The van der Waals surface area contributed by atoms with Crippen molar-refractivity contribution in [2.75, 3.05) is 6.54 Å². The maximum absolute atomic E-state index is 11.7. The highest BCUT2D eigenvalue weighted by molar-refractivity contribution is 5.69. The Labute approximate surface area is 145 Å². The van der Waals surface area contributed by atoms with Crippen molar-refractivity contribution in [1.29, 1.82) is 0 Å². The number of carbonyl (C=O) groups excluding carboxylic acids is 3. The molecule has 0 N–H and O–H groups in total. The first-order valence-electron chi connectivity index (χ1n) is 7.88. The van der Waals surface area contributed by atoms with E-state index in [9.17, 15) is 14.4 Å². The highest BCUT2D eigenvalue weighted by Crippen LogP contribution is 2.40. The van der Waals surface area contributed by atoms with E-state index in [-0.39, 0.29) is 0 Å². The molecule has 1 fully saturated rings. The molecule has 1 unspecified atom stereocenters. The highest BCUT2D eigenvalue weighted by Gasteiger charge is 2.60. The summed E-state index contributed by atoms with van der Waals surface area (Å²) in [6, 6.07) is 0. The van der Waals surface area contributed by atoms with Crippen LogP contribution < -0.4 is 0 Å². The van der Waals surface area contributed by atoms with Gasteiger partial charge in [-0.1, -0.05) is 19.0 Å². The highest BCUT2D eigenvalue weighted by atomic mass is 16.7. The third-order valence-corrected chi connectivity index (χ3v) is 3.93. The molecule has 0 spiro atoms. The van der Waals surface area contributed by atoms with Gasteiger partial charge in [-0.15, -0.1) is 0 Å². The molecule has 0 aromatic rings. The SMILES string of the molecule is CC[C@H]1OC(OC(C)=O)[C@@](CN=[N+]=[N-])(OC(C)=O)[C@@H](OC(C)=O)[C@@H]1C. The number of hydrogen-bond acceptors (Lipinski definition) is 8. The fourth-order valence-electron chi connectivity index (χ4n) is 3.02. The summed E-state index contributed by atoms with van der Waals surface area (Å²) < 4.78 is 21.8. The van der Waals surface area contributed by atoms with E-state index in [4.69, 9.17) is 24.5 Å². The molecule has 0 bridgehead atoms. The molecule has 1 rings (SSSR count). The molecule has 0 aromatic heterocycles. The number of ether oxygens (including phenoxy) is 4. The van der Waals surface area contributed by atoms with E-state index >= 15 is 0 Å². The Kier molecular flexibility index (Phi) is 7.20. The molecule has 0 aliphatic carbocycles. The number of rotatable bonds is 6. The van der Waals surface area contributed by atoms with E-state index < -0.39 is 54.5 Å². The summed E-state index contributed by atoms with van der Waals surface area (Å²) in [6.07, 6.45) is -2.30. The van der Waals surface area contributed by atoms with Crippen LogP contribution in [0.15, 0.2) is 5.11 Å². The molecule has 10 heteroatoms. The van der Waals surface area contributed by atoms with Crippen LogP contribution in [-0.2, 0) is 33.3 Å². The molecule has 1 saturated heterocycles. The van der Waals surface area contributed by atoms with Gasteiger partial charge in [-0.25, -0.2) is 0 Å². The van der Waals surface area contributed by atoms with Crippen LogP contribution in [0.2, 0.25) is 0 Å². The predicted molar refractivity (Wildman–Crippen MR) is 83.9 cm³/mol. The Morgan fingerprint density at radius 2 is 1.76 bits per heavy atom. The van der Waals surface area contributed by atoms with Gasteiger partial charge in [-0.2, -0.15) is 0 Å². The molecule has 5 atom stereocenters. The van der Waals surface area contributed by atoms with Crippen LogP contribution in [-0.4, -0.2) is 48.6 Å². The smallest absolute Gasteiger partial charge is 0.305 e. The average Bonchev–Trinajstić information content (AvgIpc) is 2.50. The van der Waals surface area contributed by atoms with Gasteiger partial charge in [0.2, 0.25) is 11.9 Å². The van der Waals surface area contributed by atoms with Gasteiger partial charge in [0, 0.05) is 31.6 Å². The number of azide groups is 1.